The fourth-order valence-electron chi connectivity index (χ4n) is 2.15. The van der Waals surface area contributed by atoms with E-state index in [0.29, 0.717) is 20.7 Å². The topological polar surface area (TPSA) is 51.2 Å². The second-order valence-corrected chi connectivity index (χ2v) is 6.52. The number of halogens is 2. The van der Waals surface area contributed by atoms with E-state index in [1.807, 2.05) is 29.6 Å². The summed E-state index contributed by atoms with van der Waals surface area (Å²) in [6.07, 6.45) is 0. The Morgan fingerprint density at radius 2 is 2.00 bits per heavy atom. The first-order chi connectivity index (χ1) is 11.6. The van der Waals surface area contributed by atoms with Crippen LogP contribution in [0.4, 0.5) is 5.13 Å². The summed E-state index contributed by atoms with van der Waals surface area (Å²) in [6, 6.07) is 12.3. The van der Waals surface area contributed by atoms with Crippen molar-refractivity contribution in [3.8, 4) is 17.0 Å². The van der Waals surface area contributed by atoms with Crippen LogP contribution in [0.5, 0.6) is 5.75 Å². The lowest BCUT2D eigenvalue weighted by Crippen LogP contribution is -2.12. The highest BCUT2D eigenvalue weighted by atomic mass is 35.5. The van der Waals surface area contributed by atoms with E-state index >= 15 is 0 Å². The number of benzene rings is 2. The van der Waals surface area contributed by atoms with Gasteiger partial charge >= 0.3 is 0 Å². The standard InChI is InChI=1S/C17H12Cl2N2O2S/c1-23-15-5-3-2-4-11(15)14-9-24-17(20-14)21-16(22)12-8-10(18)6-7-13(12)19/h2-9H,1H3,(H,20,21,22). The molecular formula is C17H12Cl2N2O2S. The molecule has 0 aliphatic rings. The fraction of sp³-hybridized carbons (Fsp3) is 0.0588. The van der Waals surface area contributed by atoms with Crippen molar-refractivity contribution in [2.75, 3.05) is 12.4 Å². The van der Waals surface area contributed by atoms with Crippen LogP contribution < -0.4 is 10.1 Å². The summed E-state index contributed by atoms with van der Waals surface area (Å²) in [4.78, 5) is 16.8. The molecule has 0 spiro atoms. The van der Waals surface area contributed by atoms with Crippen molar-refractivity contribution >= 4 is 45.6 Å². The molecule has 1 N–H and O–H groups in total. The monoisotopic (exact) mass is 378 g/mol. The van der Waals surface area contributed by atoms with Crippen molar-refractivity contribution in [3.63, 3.8) is 0 Å². The minimum Gasteiger partial charge on any atom is -0.496 e. The zero-order chi connectivity index (χ0) is 17.1. The number of hydrogen-bond acceptors (Lipinski definition) is 4. The van der Waals surface area contributed by atoms with Gasteiger partial charge < -0.3 is 4.74 Å². The molecule has 0 atom stereocenters. The summed E-state index contributed by atoms with van der Waals surface area (Å²) in [7, 11) is 1.61. The maximum Gasteiger partial charge on any atom is 0.259 e. The number of aromatic nitrogens is 1. The predicted molar refractivity (Wildman–Crippen MR) is 98.5 cm³/mol. The Morgan fingerprint density at radius 1 is 1.21 bits per heavy atom. The Hall–Kier alpha value is -2.08. The smallest absolute Gasteiger partial charge is 0.259 e. The number of nitrogens with one attached hydrogen (secondary N) is 1. The molecule has 1 heterocycles. The zero-order valence-corrected chi connectivity index (χ0v) is 14.9. The van der Waals surface area contributed by atoms with Gasteiger partial charge in [0.05, 0.1) is 23.4 Å². The first-order valence-electron chi connectivity index (χ1n) is 6.94. The van der Waals surface area contributed by atoms with Crippen molar-refractivity contribution in [1.29, 1.82) is 0 Å². The molecule has 24 heavy (non-hydrogen) atoms. The number of hydrogen-bond donors (Lipinski definition) is 1. The van der Waals surface area contributed by atoms with E-state index in [2.05, 4.69) is 10.3 Å². The molecule has 122 valence electrons. The number of amides is 1. The summed E-state index contributed by atoms with van der Waals surface area (Å²) >= 11 is 13.3. The highest BCUT2D eigenvalue weighted by molar-refractivity contribution is 7.14. The molecule has 3 aromatic rings. The van der Waals surface area contributed by atoms with Crippen LogP contribution >= 0.6 is 34.5 Å². The van der Waals surface area contributed by atoms with Gasteiger partial charge in [0.2, 0.25) is 0 Å². The Balaban J connectivity index is 1.84. The number of nitrogens with zero attached hydrogens (tertiary/aromatic N) is 1. The van der Waals surface area contributed by atoms with Gasteiger partial charge in [-0.05, 0) is 30.3 Å². The molecule has 1 amide bonds. The molecule has 1 aromatic heterocycles. The maximum absolute atomic E-state index is 12.3. The van der Waals surface area contributed by atoms with E-state index in [1.54, 1.807) is 19.2 Å². The highest BCUT2D eigenvalue weighted by Gasteiger charge is 2.14. The quantitative estimate of drug-likeness (QED) is 0.662. The van der Waals surface area contributed by atoms with E-state index in [4.69, 9.17) is 27.9 Å². The normalized spacial score (nSPS) is 10.5. The molecule has 0 aliphatic heterocycles. The summed E-state index contributed by atoms with van der Waals surface area (Å²) < 4.78 is 5.33. The Bertz CT molecular complexity index is 896. The molecule has 7 heteroatoms. The van der Waals surface area contributed by atoms with E-state index in [0.717, 1.165) is 17.0 Å². The van der Waals surface area contributed by atoms with Gasteiger partial charge in [-0.2, -0.15) is 0 Å². The SMILES string of the molecule is COc1ccccc1-c1csc(NC(=O)c2cc(Cl)ccc2Cl)n1. The molecule has 0 radical (unpaired) electrons. The average Bonchev–Trinajstić information content (AvgIpc) is 3.05. The Morgan fingerprint density at radius 3 is 2.79 bits per heavy atom. The third kappa shape index (κ3) is 3.53. The van der Waals surface area contributed by atoms with E-state index in [9.17, 15) is 4.79 Å². The van der Waals surface area contributed by atoms with Crippen LogP contribution in [0.3, 0.4) is 0 Å². The van der Waals surface area contributed by atoms with Crippen LogP contribution in [0.2, 0.25) is 10.0 Å². The summed E-state index contributed by atoms with van der Waals surface area (Å²) in [5.74, 6) is 0.363. The molecule has 0 aliphatic carbocycles. The fourth-order valence-corrected chi connectivity index (χ4v) is 3.23. The minimum atomic E-state index is -0.358. The van der Waals surface area contributed by atoms with Gasteiger partial charge in [-0.15, -0.1) is 11.3 Å². The van der Waals surface area contributed by atoms with Gasteiger partial charge in [-0.25, -0.2) is 4.98 Å². The van der Waals surface area contributed by atoms with Crippen molar-refractivity contribution in [2.45, 2.75) is 0 Å². The number of methoxy groups -OCH3 is 1. The van der Waals surface area contributed by atoms with E-state index in [1.165, 1.54) is 17.4 Å². The van der Waals surface area contributed by atoms with Crippen molar-refractivity contribution in [3.05, 3.63) is 63.5 Å². The Kier molecular flexibility index (Phi) is 5.04. The second-order valence-electron chi connectivity index (χ2n) is 4.82. The minimum absolute atomic E-state index is 0.304. The lowest BCUT2D eigenvalue weighted by molar-refractivity contribution is 0.102. The van der Waals surface area contributed by atoms with Gasteiger partial charge in [0.25, 0.3) is 5.91 Å². The average molecular weight is 379 g/mol. The molecular weight excluding hydrogens is 367 g/mol. The van der Waals surface area contributed by atoms with Crippen LogP contribution in [-0.2, 0) is 0 Å². The zero-order valence-electron chi connectivity index (χ0n) is 12.5. The molecule has 3 rings (SSSR count). The van der Waals surface area contributed by atoms with Crippen LogP contribution in [-0.4, -0.2) is 18.0 Å². The number of anilines is 1. The van der Waals surface area contributed by atoms with Gasteiger partial charge in [-0.3, -0.25) is 10.1 Å². The van der Waals surface area contributed by atoms with Crippen LogP contribution in [0.15, 0.2) is 47.8 Å². The molecule has 0 unspecified atom stereocenters. The van der Waals surface area contributed by atoms with Gasteiger partial charge in [0, 0.05) is 16.0 Å². The van der Waals surface area contributed by atoms with Crippen molar-refractivity contribution in [1.82, 2.24) is 4.98 Å². The van der Waals surface area contributed by atoms with E-state index in [-0.39, 0.29) is 5.91 Å². The van der Waals surface area contributed by atoms with Gasteiger partial charge in [0.1, 0.15) is 5.75 Å². The highest BCUT2D eigenvalue weighted by Crippen LogP contribution is 2.32. The number of thiazole rings is 1. The third-order valence-electron chi connectivity index (χ3n) is 3.28. The number of ether oxygens (including phenoxy) is 1. The van der Waals surface area contributed by atoms with Crippen molar-refractivity contribution < 1.29 is 9.53 Å². The second kappa shape index (κ2) is 7.21. The molecule has 4 nitrogen and oxygen atoms in total. The Labute approximate surface area is 153 Å². The first kappa shape index (κ1) is 16.8. The number of rotatable bonds is 4. The summed E-state index contributed by atoms with van der Waals surface area (Å²) in [5, 5.41) is 5.84. The van der Waals surface area contributed by atoms with Crippen LogP contribution in [0.1, 0.15) is 10.4 Å². The number of carbonyl (C=O) groups is 1. The molecule has 0 bridgehead atoms. The third-order valence-corrected chi connectivity index (χ3v) is 4.60. The summed E-state index contributed by atoms with van der Waals surface area (Å²) in [6.45, 7) is 0. The van der Waals surface area contributed by atoms with Gasteiger partial charge in [-0.1, -0.05) is 35.3 Å². The lowest BCUT2D eigenvalue weighted by atomic mass is 10.1. The van der Waals surface area contributed by atoms with Crippen LogP contribution in [0.25, 0.3) is 11.3 Å². The van der Waals surface area contributed by atoms with E-state index < -0.39 is 0 Å². The molecule has 0 saturated heterocycles. The lowest BCUT2D eigenvalue weighted by Gasteiger charge is -2.06. The van der Waals surface area contributed by atoms with Crippen LogP contribution in [0, 0.1) is 0 Å². The maximum atomic E-state index is 12.3. The summed E-state index contributed by atoms with van der Waals surface area (Å²) in [5.41, 5.74) is 1.89. The predicted octanol–water partition coefficient (Wildman–Crippen LogP) is 5.38. The largest absolute Gasteiger partial charge is 0.496 e. The number of para-hydroxylation sites is 1. The first-order valence-corrected chi connectivity index (χ1v) is 8.57. The molecule has 0 saturated carbocycles. The number of carbonyl (C=O) groups excluding carboxylic acids is 1. The molecule has 2 aromatic carbocycles. The van der Waals surface area contributed by atoms with Crippen molar-refractivity contribution in [2.24, 2.45) is 0 Å². The molecule has 0 fully saturated rings. The van der Waals surface area contributed by atoms with Gasteiger partial charge in [0.15, 0.2) is 5.13 Å².